The molecule has 1 unspecified atom stereocenters. The molecule has 2 aromatic rings. The number of hydrogen-bond acceptors (Lipinski definition) is 7. The van der Waals surface area contributed by atoms with Gasteiger partial charge in [0, 0.05) is 13.0 Å². The average molecular weight is 498 g/mol. The molecule has 0 aromatic heterocycles. The van der Waals surface area contributed by atoms with Gasteiger partial charge in [0.05, 0.1) is 13.2 Å². The number of fused-ring (bicyclic) bond motifs is 1. The van der Waals surface area contributed by atoms with Gasteiger partial charge in [-0.2, -0.15) is 0 Å². The van der Waals surface area contributed by atoms with Crippen molar-refractivity contribution in [1.29, 1.82) is 0 Å². The van der Waals surface area contributed by atoms with Crippen LogP contribution in [0.5, 0.6) is 23.0 Å². The first-order valence-electron chi connectivity index (χ1n) is 12.0. The molecule has 10 heteroatoms. The monoisotopic (exact) mass is 497 g/mol. The third-order valence-corrected chi connectivity index (χ3v) is 5.99. The first kappa shape index (κ1) is 25.2. The van der Waals surface area contributed by atoms with E-state index in [1.54, 1.807) is 19.1 Å². The molecule has 10 nitrogen and oxygen atoms in total. The van der Waals surface area contributed by atoms with Crippen LogP contribution < -0.4 is 29.6 Å². The Morgan fingerprint density at radius 2 is 1.75 bits per heavy atom. The van der Waals surface area contributed by atoms with Gasteiger partial charge < -0.3 is 29.6 Å². The molecule has 0 bridgehead atoms. The van der Waals surface area contributed by atoms with Gasteiger partial charge in [-0.05, 0) is 62.6 Å². The van der Waals surface area contributed by atoms with E-state index in [9.17, 15) is 14.4 Å². The van der Waals surface area contributed by atoms with Crippen LogP contribution in [0.25, 0.3) is 0 Å². The van der Waals surface area contributed by atoms with Gasteiger partial charge >= 0.3 is 6.03 Å². The van der Waals surface area contributed by atoms with Crippen LogP contribution in [-0.4, -0.2) is 61.4 Å². The van der Waals surface area contributed by atoms with E-state index >= 15 is 0 Å². The number of rotatable bonds is 11. The minimum Gasteiger partial charge on any atom is -0.490 e. The average Bonchev–Trinajstić information content (AvgIpc) is 3.39. The molecule has 2 aliphatic heterocycles. The van der Waals surface area contributed by atoms with Crippen molar-refractivity contribution in [2.75, 3.05) is 33.1 Å². The maximum atomic E-state index is 13.1. The van der Waals surface area contributed by atoms with Gasteiger partial charge in [-0.15, -0.1) is 0 Å². The van der Waals surface area contributed by atoms with E-state index in [-0.39, 0.29) is 19.8 Å². The van der Waals surface area contributed by atoms with Crippen molar-refractivity contribution in [3.8, 4) is 23.0 Å². The summed E-state index contributed by atoms with van der Waals surface area (Å²) in [6.45, 7) is 6.65. The van der Waals surface area contributed by atoms with E-state index in [0.717, 1.165) is 16.0 Å². The summed E-state index contributed by atoms with van der Waals surface area (Å²) in [5.41, 5.74) is 0.611. The van der Waals surface area contributed by atoms with Crippen molar-refractivity contribution >= 4 is 17.8 Å². The predicted octanol–water partition coefficient (Wildman–Crippen LogP) is 2.42. The van der Waals surface area contributed by atoms with Gasteiger partial charge in [0.25, 0.3) is 5.91 Å². The van der Waals surface area contributed by atoms with E-state index in [4.69, 9.17) is 18.9 Å². The third-order valence-electron chi connectivity index (χ3n) is 5.99. The molecule has 0 radical (unpaired) electrons. The zero-order valence-electron chi connectivity index (χ0n) is 20.7. The SMILES string of the molecule is CCOc1ccc(CCNC(=O)CN2C(=O)NC(C)(Cc3ccc4c(c3)OCO4)C2=O)cc1OCC. The van der Waals surface area contributed by atoms with Crippen LogP contribution in [0.1, 0.15) is 31.9 Å². The molecule has 4 amide bonds. The van der Waals surface area contributed by atoms with E-state index in [1.165, 1.54) is 0 Å². The molecule has 4 rings (SSSR count). The lowest BCUT2D eigenvalue weighted by atomic mass is 9.92. The number of nitrogens with zero attached hydrogens (tertiary/aromatic N) is 1. The van der Waals surface area contributed by atoms with Crippen LogP contribution in [0.4, 0.5) is 4.79 Å². The summed E-state index contributed by atoms with van der Waals surface area (Å²) in [6.07, 6.45) is 0.812. The first-order valence-corrected chi connectivity index (χ1v) is 12.0. The fourth-order valence-electron chi connectivity index (χ4n) is 4.27. The number of ether oxygens (including phenoxy) is 4. The molecule has 0 spiro atoms. The molecule has 1 fully saturated rings. The highest BCUT2D eigenvalue weighted by molar-refractivity contribution is 6.08. The summed E-state index contributed by atoms with van der Waals surface area (Å²) in [4.78, 5) is 39.1. The number of benzene rings is 2. The second-order valence-corrected chi connectivity index (χ2v) is 8.77. The topological polar surface area (TPSA) is 115 Å². The lowest BCUT2D eigenvalue weighted by Crippen LogP contribution is -2.47. The van der Waals surface area contributed by atoms with Crippen molar-refractivity contribution in [3.05, 3.63) is 47.5 Å². The second kappa shape index (κ2) is 10.8. The third kappa shape index (κ3) is 5.48. The second-order valence-electron chi connectivity index (χ2n) is 8.77. The molecule has 2 aliphatic rings. The molecule has 2 heterocycles. The molecular formula is C26H31N3O7. The molecule has 1 atom stereocenters. The minimum absolute atomic E-state index is 0.154. The molecule has 36 heavy (non-hydrogen) atoms. The van der Waals surface area contributed by atoms with Crippen molar-refractivity contribution < 1.29 is 33.3 Å². The zero-order chi connectivity index (χ0) is 25.7. The van der Waals surface area contributed by atoms with Crippen molar-refractivity contribution in [2.45, 2.75) is 39.2 Å². The predicted molar refractivity (Wildman–Crippen MR) is 130 cm³/mol. The Morgan fingerprint density at radius 1 is 1.03 bits per heavy atom. The first-order chi connectivity index (χ1) is 17.3. The van der Waals surface area contributed by atoms with Crippen LogP contribution in [-0.2, 0) is 22.4 Å². The minimum atomic E-state index is -1.16. The van der Waals surface area contributed by atoms with E-state index in [1.807, 2.05) is 38.1 Å². The Hall–Kier alpha value is -3.95. The quantitative estimate of drug-likeness (QED) is 0.458. The van der Waals surface area contributed by atoms with Crippen LogP contribution >= 0.6 is 0 Å². The van der Waals surface area contributed by atoms with Crippen LogP contribution in [0.2, 0.25) is 0 Å². The standard InChI is InChI=1S/C26H31N3O7/c1-4-33-19-8-6-17(12-21(19)34-5-2)10-11-27-23(30)15-29-24(31)26(3,28-25(29)32)14-18-7-9-20-22(13-18)36-16-35-20/h6-9,12-13H,4-5,10-11,14-16H2,1-3H3,(H,27,30)(H,28,32). The van der Waals surface area contributed by atoms with E-state index in [0.29, 0.717) is 49.2 Å². The Morgan fingerprint density at radius 3 is 2.53 bits per heavy atom. The molecule has 2 aromatic carbocycles. The Labute approximate surface area is 209 Å². The fraction of sp³-hybridized carbons (Fsp3) is 0.423. The summed E-state index contributed by atoms with van der Waals surface area (Å²) < 4.78 is 21.9. The molecule has 2 N–H and O–H groups in total. The van der Waals surface area contributed by atoms with Gasteiger partial charge in [0.15, 0.2) is 23.0 Å². The number of amides is 4. The van der Waals surface area contributed by atoms with Crippen molar-refractivity contribution in [3.63, 3.8) is 0 Å². The number of carbonyl (C=O) groups excluding carboxylic acids is 3. The molecule has 1 saturated heterocycles. The summed E-state index contributed by atoms with van der Waals surface area (Å²) in [5, 5.41) is 5.51. The Kier molecular flexibility index (Phi) is 7.52. The number of imide groups is 1. The summed E-state index contributed by atoms with van der Waals surface area (Å²) >= 11 is 0. The fourth-order valence-corrected chi connectivity index (χ4v) is 4.27. The molecular weight excluding hydrogens is 466 g/mol. The Balaban J connectivity index is 1.30. The smallest absolute Gasteiger partial charge is 0.325 e. The van der Waals surface area contributed by atoms with Gasteiger partial charge in [-0.25, -0.2) is 4.79 Å². The highest BCUT2D eigenvalue weighted by Gasteiger charge is 2.48. The van der Waals surface area contributed by atoms with Crippen LogP contribution in [0, 0.1) is 0 Å². The summed E-state index contributed by atoms with van der Waals surface area (Å²) in [5.74, 6) is 1.71. The van der Waals surface area contributed by atoms with Crippen LogP contribution in [0.15, 0.2) is 36.4 Å². The number of hydrogen-bond donors (Lipinski definition) is 2. The Bertz CT molecular complexity index is 1150. The van der Waals surface area contributed by atoms with Crippen LogP contribution in [0.3, 0.4) is 0 Å². The molecule has 192 valence electrons. The van der Waals surface area contributed by atoms with E-state index in [2.05, 4.69) is 10.6 Å². The maximum Gasteiger partial charge on any atom is 0.325 e. The highest BCUT2D eigenvalue weighted by Crippen LogP contribution is 2.34. The van der Waals surface area contributed by atoms with Gasteiger partial charge in [-0.3, -0.25) is 14.5 Å². The maximum absolute atomic E-state index is 13.1. The zero-order valence-corrected chi connectivity index (χ0v) is 20.7. The summed E-state index contributed by atoms with van der Waals surface area (Å²) in [7, 11) is 0. The largest absolute Gasteiger partial charge is 0.490 e. The van der Waals surface area contributed by atoms with Crippen molar-refractivity contribution in [2.24, 2.45) is 0 Å². The lowest BCUT2D eigenvalue weighted by molar-refractivity contribution is -0.134. The van der Waals surface area contributed by atoms with Crippen molar-refractivity contribution in [1.82, 2.24) is 15.5 Å². The number of urea groups is 1. The van der Waals surface area contributed by atoms with Gasteiger partial charge in [-0.1, -0.05) is 12.1 Å². The molecule has 0 saturated carbocycles. The molecule has 0 aliphatic carbocycles. The van der Waals surface area contributed by atoms with Gasteiger partial charge in [0.1, 0.15) is 12.1 Å². The number of nitrogens with one attached hydrogen (secondary N) is 2. The van der Waals surface area contributed by atoms with E-state index < -0.39 is 23.4 Å². The lowest BCUT2D eigenvalue weighted by Gasteiger charge is -2.22. The normalized spacial score (nSPS) is 18.2. The number of carbonyl (C=O) groups is 3. The summed E-state index contributed by atoms with van der Waals surface area (Å²) in [6, 6.07) is 10.4. The highest BCUT2D eigenvalue weighted by atomic mass is 16.7. The van der Waals surface area contributed by atoms with Gasteiger partial charge in [0.2, 0.25) is 12.7 Å².